The first-order valence-electron chi connectivity index (χ1n) is 4.21. The van der Waals surface area contributed by atoms with Gasteiger partial charge in [-0.25, -0.2) is 0 Å². The summed E-state index contributed by atoms with van der Waals surface area (Å²) in [5.41, 5.74) is 0.962. The third-order valence-corrected chi connectivity index (χ3v) is 1.59. The van der Waals surface area contributed by atoms with Gasteiger partial charge < -0.3 is 10.2 Å². The molecule has 0 fully saturated rings. The van der Waals surface area contributed by atoms with Crippen LogP contribution < -0.4 is 5.32 Å². The number of nitrogens with one attached hydrogen (secondary N) is 1. The number of carbonyl (C=O) groups is 1. The van der Waals surface area contributed by atoms with Crippen molar-refractivity contribution in [2.45, 2.75) is 20.3 Å². The topological polar surface area (TPSA) is 32.3 Å². The van der Waals surface area contributed by atoms with Crippen LogP contribution in [0.15, 0.2) is 11.8 Å². The molecule has 1 amide bonds. The largest absolute Gasteiger partial charge is 0.381 e. The van der Waals surface area contributed by atoms with Crippen LogP contribution in [0, 0.1) is 0 Å². The van der Waals surface area contributed by atoms with Gasteiger partial charge in [0, 0.05) is 32.4 Å². The van der Waals surface area contributed by atoms with Crippen molar-refractivity contribution >= 4 is 5.91 Å². The first-order chi connectivity index (χ1) is 5.57. The van der Waals surface area contributed by atoms with Gasteiger partial charge >= 0.3 is 0 Å². The van der Waals surface area contributed by atoms with Crippen LogP contribution in [0.25, 0.3) is 0 Å². The van der Waals surface area contributed by atoms with E-state index in [0.29, 0.717) is 0 Å². The number of hydrogen-bond donors (Lipinski definition) is 1. The molecule has 70 valence electrons. The highest BCUT2D eigenvalue weighted by Crippen LogP contribution is 1.94. The minimum absolute atomic E-state index is 0.0111. The lowest BCUT2D eigenvalue weighted by atomic mass is 10.4. The molecule has 0 aliphatic heterocycles. The fraction of sp³-hybridized carbons (Fsp3) is 0.667. The van der Waals surface area contributed by atoms with Crippen molar-refractivity contribution in [3.63, 3.8) is 0 Å². The summed E-state index contributed by atoms with van der Waals surface area (Å²) in [6.07, 6.45) is 2.58. The van der Waals surface area contributed by atoms with E-state index in [9.17, 15) is 4.79 Å². The summed E-state index contributed by atoms with van der Waals surface area (Å²) in [6.45, 7) is 4.68. The lowest BCUT2D eigenvalue weighted by molar-refractivity contribution is -0.116. The molecule has 0 bridgehead atoms. The fourth-order valence-electron chi connectivity index (χ4n) is 0.618. The molecule has 0 rings (SSSR count). The number of hydrogen-bond acceptors (Lipinski definition) is 2. The average molecular weight is 170 g/mol. The highest BCUT2D eigenvalue weighted by atomic mass is 16.1. The lowest BCUT2D eigenvalue weighted by Gasteiger charge is -2.11. The highest BCUT2D eigenvalue weighted by molar-refractivity contribution is 5.87. The Morgan fingerprint density at radius 1 is 1.50 bits per heavy atom. The molecule has 0 spiro atoms. The van der Waals surface area contributed by atoms with E-state index in [0.717, 1.165) is 18.7 Å². The van der Waals surface area contributed by atoms with Crippen molar-refractivity contribution < 1.29 is 4.79 Å². The first kappa shape index (κ1) is 11.0. The van der Waals surface area contributed by atoms with E-state index in [1.165, 1.54) is 0 Å². The van der Waals surface area contributed by atoms with Gasteiger partial charge in [-0.1, -0.05) is 6.92 Å². The maximum absolute atomic E-state index is 11.1. The molecule has 0 saturated carbocycles. The van der Waals surface area contributed by atoms with Gasteiger partial charge in [-0.3, -0.25) is 4.79 Å². The quantitative estimate of drug-likeness (QED) is 0.638. The van der Waals surface area contributed by atoms with Crippen LogP contribution in [0.4, 0.5) is 0 Å². The Bertz CT molecular complexity index is 173. The number of amides is 1. The smallest absolute Gasteiger partial charge is 0.245 e. The van der Waals surface area contributed by atoms with Crippen molar-refractivity contribution in [3.8, 4) is 0 Å². The van der Waals surface area contributed by atoms with Crippen molar-refractivity contribution in [3.05, 3.63) is 11.8 Å². The summed E-state index contributed by atoms with van der Waals surface area (Å²) in [7, 11) is 3.83. The molecular weight excluding hydrogens is 152 g/mol. The Morgan fingerprint density at radius 3 is 2.50 bits per heavy atom. The van der Waals surface area contributed by atoms with Gasteiger partial charge in [0.05, 0.1) is 0 Å². The summed E-state index contributed by atoms with van der Waals surface area (Å²) < 4.78 is 0. The molecule has 0 aromatic rings. The first-order valence-corrected chi connectivity index (χ1v) is 4.21. The van der Waals surface area contributed by atoms with Crippen LogP contribution in [-0.2, 0) is 4.79 Å². The van der Waals surface area contributed by atoms with Crippen molar-refractivity contribution in [2.24, 2.45) is 0 Å². The van der Waals surface area contributed by atoms with E-state index in [4.69, 9.17) is 0 Å². The van der Waals surface area contributed by atoms with E-state index >= 15 is 0 Å². The van der Waals surface area contributed by atoms with E-state index in [1.807, 2.05) is 32.8 Å². The normalized spacial score (nSPS) is 11.2. The Labute approximate surface area is 74.4 Å². The van der Waals surface area contributed by atoms with Gasteiger partial charge in [0.25, 0.3) is 0 Å². The number of allylic oxidation sites excluding steroid dienone is 1. The summed E-state index contributed by atoms with van der Waals surface area (Å²) >= 11 is 0. The van der Waals surface area contributed by atoms with Gasteiger partial charge in [-0.2, -0.15) is 0 Å². The molecule has 0 aromatic heterocycles. The maximum atomic E-state index is 11.1. The summed E-state index contributed by atoms with van der Waals surface area (Å²) in [5.74, 6) is -0.0111. The van der Waals surface area contributed by atoms with Crippen LogP contribution in [-0.4, -0.2) is 31.4 Å². The maximum Gasteiger partial charge on any atom is 0.245 e. The highest BCUT2D eigenvalue weighted by Gasteiger charge is 1.97. The molecule has 0 aliphatic rings. The Kier molecular flexibility index (Phi) is 5.17. The molecule has 1 N–H and O–H groups in total. The van der Waals surface area contributed by atoms with Crippen LogP contribution in [0.3, 0.4) is 0 Å². The Balaban J connectivity index is 3.88. The minimum atomic E-state index is -0.0111. The Hall–Kier alpha value is -0.990. The lowest BCUT2D eigenvalue weighted by Crippen LogP contribution is -2.23. The van der Waals surface area contributed by atoms with Gasteiger partial charge in [-0.05, 0) is 13.3 Å². The SMILES string of the molecule is CCCNC(=O)C=C(C)N(C)C. The summed E-state index contributed by atoms with van der Waals surface area (Å²) in [4.78, 5) is 13.0. The third-order valence-electron chi connectivity index (χ3n) is 1.59. The second kappa shape index (κ2) is 5.63. The molecule has 3 nitrogen and oxygen atoms in total. The zero-order valence-corrected chi connectivity index (χ0v) is 8.35. The summed E-state index contributed by atoms with van der Waals surface area (Å²) in [6, 6.07) is 0. The molecule has 0 aromatic carbocycles. The van der Waals surface area contributed by atoms with Crippen molar-refractivity contribution in [1.29, 1.82) is 0 Å². The second-order valence-electron chi connectivity index (χ2n) is 2.97. The molecule has 0 unspecified atom stereocenters. The molecular formula is C9H18N2O. The van der Waals surface area contributed by atoms with Crippen LogP contribution >= 0.6 is 0 Å². The van der Waals surface area contributed by atoms with Gasteiger partial charge in [0.15, 0.2) is 0 Å². The van der Waals surface area contributed by atoms with Gasteiger partial charge in [0.1, 0.15) is 0 Å². The predicted molar refractivity (Wildman–Crippen MR) is 50.7 cm³/mol. The molecule has 0 aliphatic carbocycles. The number of nitrogens with zero attached hydrogens (tertiary/aromatic N) is 1. The van der Waals surface area contributed by atoms with Gasteiger partial charge in [0.2, 0.25) is 5.91 Å². The average Bonchev–Trinajstić information content (AvgIpc) is 2.00. The number of rotatable bonds is 4. The van der Waals surface area contributed by atoms with E-state index in [2.05, 4.69) is 5.32 Å². The Morgan fingerprint density at radius 2 is 2.08 bits per heavy atom. The third kappa shape index (κ3) is 4.77. The molecule has 0 heterocycles. The van der Waals surface area contributed by atoms with E-state index in [-0.39, 0.29) is 5.91 Å². The standard InChI is InChI=1S/C9H18N2O/c1-5-6-10-9(12)7-8(2)11(3)4/h7H,5-6H2,1-4H3,(H,10,12). The fourth-order valence-corrected chi connectivity index (χ4v) is 0.618. The van der Waals surface area contributed by atoms with Gasteiger partial charge in [-0.15, -0.1) is 0 Å². The molecule has 0 radical (unpaired) electrons. The second-order valence-corrected chi connectivity index (χ2v) is 2.97. The van der Waals surface area contributed by atoms with E-state index < -0.39 is 0 Å². The molecule has 12 heavy (non-hydrogen) atoms. The number of carbonyl (C=O) groups excluding carboxylic acids is 1. The summed E-state index contributed by atoms with van der Waals surface area (Å²) in [5, 5.41) is 2.78. The zero-order chi connectivity index (χ0) is 9.56. The van der Waals surface area contributed by atoms with E-state index in [1.54, 1.807) is 6.08 Å². The van der Waals surface area contributed by atoms with Crippen LogP contribution in [0.1, 0.15) is 20.3 Å². The monoisotopic (exact) mass is 170 g/mol. The molecule has 0 saturated heterocycles. The predicted octanol–water partition coefficient (Wildman–Crippen LogP) is 0.978. The van der Waals surface area contributed by atoms with Crippen molar-refractivity contribution in [2.75, 3.05) is 20.6 Å². The zero-order valence-electron chi connectivity index (χ0n) is 8.35. The van der Waals surface area contributed by atoms with Crippen molar-refractivity contribution in [1.82, 2.24) is 10.2 Å². The van der Waals surface area contributed by atoms with Crippen LogP contribution in [0.5, 0.6) is 0 Å². The van der Waals surface area contributed by atoms with Crippen LogP contribution in [0.2, 0.25) is 0 Å². The molecule has 3 heteroatoms. The minimum Gasteiger partial charge on any atom is -0.381 e. The molecule has 0 atom stereocenters.